The zero-order chi connectivity index (χ0) is 11.4. The van der Waals surface area contributed by atoms with Crippen molar-refractivity contribution in [1.82, 2.24) is 10.2 Å². The smallest absolute Gasteiger partial charge is 0.117 e. The second-order valence-electron chi connectivity index (χ2n) is 5.01. The van der Waals surface area contributed by atoms with E-state index in [4.69, 9.17) is 4.42 Å². The zero-order valence-corrected chi connectivity index (χ0v) is 10.3. The van der Waals surface area contributed by atoms with Gasteiger partial charge < -0.3 is 14.6 Å². The molecule has 1 heterocycles. The van der Waals surface area contributed by atoms with Crippen molar-refractivity contribution >= 4 is 0 Å². The van der Waals surface area contributed by atoms with Crippen LogP contribution in [0.5, 0.6) is 0 Å². The molecule has 0 aromatic carbocycles. The van der Waals surface area contributed by atoms with Crippen LogP contribution in [0.15, 0.2) is 22.8 Å². The Labute approximate surface area is 97.8 Å². The Hall–Kier alpha value is -0.800. The van der Waals surface area contributed by atoms with E-state index in [0.29, 0.717) is 5.54 Å². The predicted molar refractivity (Wildman–Crippen MR) is 65.3 cm³/mol. The van der Waals surface area contributed by atoms with Crippen molar-refractivity contribution in [2.45, 2.75) is 37.8 Å². The van der Waals surface area contributed by atoms with E-state index in [0.717, 1.165) is 18.8 Å². The van der Waals surface area contributed by atoms with Crippen LogP contribution < -0.4 is 5.32 Å². The maximum Gasteiger partial charge on any atom is 0.117 e. The van der Waals surface area contributed by atoms with Crippen molar-refractivity contribution in [2.24, 2.45) is 0 Å². The van der Waals surface area contributed by atoms with E-state index in [2.05, 4.69) is 24.3 Å². The summed E-state index contributed by atoms with van der Waals surface area (Å²) >= 11 is 0. The van der Waals surface area contributed by atoms with Gasteiger partial charge in [0.25, 0.3) is 0 Å². The van der Waals surface area contributed by atoms with Crippen LogP contribution in [-0.4, -0.2) is 31.1 Å². The Kier molecular flexibility index (Phi) is 3.66. The lowest BCUT2D eigenvalue weighted by atomic mass is 9.96. The molecule has 0 radical (unpaired) electrons. The summed E-state index contributed by atoms with van der Waals surface area (Å²) in [5.41, 5.74) is 0.368. The molecule has 90 valence electrons. The molecule has 0 atom stereocenters. The van der Waals surface area contributed by atoms with Gasteiger partial charge in [0, 0.05) is 12.1 Å². The van der Waals surface area contributed by atoms with E-state index in [-0.39, 0.29) is 0 Å². The maximum absolute atomic E-state index is 5.32. The second-order valence-corrected chi connectivity index (χ2v) is 5.01. The molecule has 0 aliphatic heterocycles. The van der Waals surface area contributed by atoms with Gasteiger partial charge in [0.2, 0.25) is 0 Å². The lowest BCUT2D eigenvalue weighted by Gasteiger charge is -2.36. The number of rotatable bonds is 5. The molecule has 2 rings (SSSR count). The minimum atomic E-state index is 0.368. The van der Waals surface area contributed by atoms with Gasteiger partial charge in [0.05, 0.1) is 12.8 Å². The summed E-state index contributed by atoms with van der Waals surface area (Å²) in [5.74, 6) is 1.02. The molecule has 0 unspecified atom stereocenters. The van der Waals surface area contributed by atoms with Crippen LogP contribution in [0, 0.1) is 0 Å². The third-order valence-electron chi connectivity index (χ3n) is 3.82. The molecule has 1 N–H and O–H groups in total. The summed E-state index contributed by atoms with van der Waals surface area (Å²) in [4.78, 5) is 2.38. The molecule has 1 aliphatic carbocycles. The Balaban J connectivity index is 1.83. The first-order valence-corrected chi connectivity index (χ1v) is 6.13. The summed E-state index contributed by atoms with van der Waals surface area (Å²) in [7, 11) is 4.39. The van der Waals surface area contributed by atoms with Gasteiger partial charge in [-0.2, -0.15) is 0 Å². The van der Waals surface area contributed by atoms with Gasteiger partial charge in [0.15, 0.2) is 0 Å². The molecule has 1 aliphatic rings. The molecule has 3 heteroatoms. The Morgan fingerprint density at radius 2 is 2.12 bits per heavy atom. The number of nitrogens with zero attached hydrogens (tertiary/aromatic N) is 1. The van der Waals surface area contributed by atoms with Gasteiger partial charge in [-0.1, -0.05) is 12.8 Å². The van der Waals surface area contributed by atoms with Crippen molar-refractivity contribution in [3.05, 3.63) is 24.2 Å². The fourth-order valence-electron chi connectivity index (χ4n) is 2.65. The van der Waals surface area contributed by atoms with Crippen molar-refractivity contribution in [1.29, 1.82) is 0 Å². The molecule has 1 aromatic rings. The van der Waals surface area contributed by atoms with Crippen molar-refractivity contribution in [2.75, 3.05) is 20.6 Å². The monoisotopic (exact) mass is 222 g/mol. The molecule has 0 bridgehead atoms. The molecule has 0 amide bonds. The van der Waals surface area contributed by atoms with Crippen LogP contribution in [-0.2, 0) is 6.54 Å². The number of hydrogen-bond acceptors (Lipinski definition) is 3. The lowest BCUT2D eigenvalue weighted by Crippen LogP contribution is -2.49. The average Bonchev–Trinajstić information content (AvgIpc) is 2.88. The number of hydrogen-bond donors (Lipinski definition) is 1. The van der Waals surface area contributed by atoms with Crippen LogP contribution in [0.4, 0.5) is 0 Å². The topological polar surface area (TPSA) is 28.4 Å². The van der Waals surface area contributed by atoms with Crippen LogP contribution in [0.2, 0.25) is 0 Å². The highest BCUT2D eigenvalue weighted by Crippen LogP contribution is 2.33. The third-order valence-corrected chi connectivity index (χ3v) is 3.82. The van der Waals surface area contributed by atoms with Gasteiger partial charge in [0.1, 0.15) is 5.76 Å². The highest BCUT2D eigenvalue weighted by atomic mass is 16.3. The van der Waals surface area contributed by atoms with Crippen LogP contribution in [0.1, 0.15) is 31.4 Å². The first kappa shape index (κ1) is 11.7. The first-order valence-electron chi connectivity index (χ1n) is 6.13. The minimum Gasteiger partial charge on any atom is -0.468 e. The van der Waals surface area contributed by atoms with Gasteiger partial charge in [-0.3, -0.25) is 0 Å². The number of likely N-dealkylation sites (N-methyl/N-ethyl adjacent to an activating group) is 1. The molecule has 1 saturated carbocycles. The molecule has 0 saturated heterocycles. The van der Waals surface area contributed by atoms with Crippen molar-refractivity contribution in [3.63, 3.8) is 0 Å². The highest BCUT2D eigenvalue weighted by molar-refractivity contribution is 4.99. The molecule has 3 nitrogen and oxygen atoms in total. The van der Waals surface area contributed by atoms with Crippen LogP contribution in [0.25, 0.3) is 0 Å². The minimum absolute atomic E-state index is 0.368. The van der Waals surface area contributed by atoms with E-state index in [1.54, 1.807) is 6.26 Å². The van der Waals surface area contributed by atoms with Crippen molar-refractivity contribution in [3.8, 4) is 0 Å². The van der Waals surface area contributed by atoms with E-state index in [9.17, 15) is 0 Å². The van der Waals surface area contributed by atoms with E-state index in [1.165, 1.54) is 25.7 Å². The van der Waals surface area contributed by atoms with Gasteiger partial charge in [-0.25, -0.2) is 0 Å². The Bertz CT molecular complexity index is 300. The lowest BCUT2D eigenvalue weighted by molar-refractivity contribution is 0.152. The predicted octanol–water partition coefficient (Wildman–Crippen LogP) is 2.24. The second kappa shape index (κ2) is 5.02. The number of furan rings is 1. The fourth-order valence-corrected chi connectivity index (χ4v) is 2.65. The Morgan fingerprint density at radius 3 is 2.69 bits per heavy atom. The van der Waals surface area contributed by atoms with E-state index >= 15 is 0 Å². The SMILES string of the molecule is CN(C)C1(CNCc2ccco2)CCCC1. The molecular formula is C13H22N2O. The average molecular weight is 222 g/mol. The standard InChI is InChI=1S/C13H22N2O/c1-15(2)13(7-3-4-8-13)11-14-10-12-6-5-9-16-12/h5-6,9,14H,3-4,7-8,10-11H2,1-2H3. The highest BCUT2D eigenvalue weighted by Gasteiger charge is 2.35. The molecular weight excluding hydrogens is 200 g/mol. The van der Waals surface area contributed by atoms with Crippen molar-refractivity contribution < 1.29 is 4.42 Å². The van der Waals surface area contributed by atoms with E-state index in [1.807, 2.05) is 12.1 Å². The maximum atomic E-state index is 5.32. The summed E-state index contributed by atoms with van der Waals surface area (Å²) < 4.78 is 5.32. The third kappa shape index (κ3) is 2.47. The quantitative estimate of drug-likeness (QED) is 0.828. The summed E-state index contributed by atoms with van der Waals surface area (Å²) in [6, 6.07) is 3.96. The van der Waals surface area contributed by atoms with Gasteiger partial charge >= 0.3 is 0 Å². The fraction of sp³-hybridized carbons (Fsp3) is 0.692. The van der Waals surface area contributed by atoms with Gasteiger partial charge in [-0.15, -0.1) is 0 Å². The van der Waals surface area contributed by atoms with Gasteiger partial charge in [-0.05, 0) is 39.1 Å². The molecule has 1 fully saturated rings. The van der Waals surface area contributed by atoms with E-state index < -0.39 is 0 Å². The molecule has 0 spiro atoms. The summed E-state index contributed by atoms with van der Waals surface area (Å²) in [6.07, 6.45) is 7.08. The normalized spacial score (nSPS) is 19.4. The first-order chi connectivity index (χ1) is 7.73. The molecule has 16 heavy (non-hydrogen) atoms. The number of nitrogens with one attached hydrogen (secondary N) is 1. The van der Waals surface area contributed by atoms with Crippen LogP contribution in [0.3, 0.4) is 0 Å². The summed E-state index contributed by atoms with van der Waals surface area (Å²) in [6.45, 7) is 1.89. The van der Waals surface area contributed by atoms with Crippen LogP contribution >= 0.6 is 0 Å². The largest absolute Gasteiger partial charge is 0.468 e. The Morgan fingerprint density at radius 1 is 1.38 bits per heavy atom. The zero-order valence-electron chi connectivity index (χ0n) is 10.3. The molecule has 1 aromatic heterocycles. The summed E-state index contributed by atoms with van der Waals surface area (Å²) in [5, 5.41) is 3.52.